The number of ether oxygens (including phenoxy) is 3. The summed E-state index contributed by atoms with van der Waals surface area (Å²) in [5.41, 5.74) is 2.17. The highest BCUT2D eigenvalue weighted by molar-refractivity contribution is 14.0. The lowest BCUT2D eigenvalue weighted by Gasteiger charge is -2.28. The molecular weight excluding hydrogens is 521 g/mol. The second kappa shape index (κ2) is 13.2. The van der Waals surface area contributed by atoms with Gasteiger partial charge in [0.1, 0.15) is 5.82 Å². The molecule has 176 valence electrons. The van der Waals surface area contributed by atoms with Crippen molar-refractivity contribution in [1.29, 1.82) is 0 Å². The Morgan fingerprint density at radius 1 is 0.938 bits per heavy atom. The fourth-order valence-electron chi connectivity index (χ4n) is 3.70. The van der Waals surface area contributed by atoms with E-state index in [0.29, 0.717) is 36.3 Å². The van der Waals surface area contributed by atoms with Crippen LogP contribution in [0.3, 0.4) is 0 Å². The lowest BCUT2D eigenvalue weighted by atomic mass is 10.1. The van der Waals surface area contributed by atoms with E-state index in [2.05, 4.69) is 31.6 Å². The number of benzene rings is 1. The molecule has 1 aromatic heterocycles. The molecule has 0 saturated carbocycles. The number of pyridine rings is 1. The molecule has 2 aromatic rings. The molecule has 1 fully saturated rings. The topological polar surface area (TPSA) is 80.2 Å². The normalized spacial score (nSPS) is 13.8. The first kappa shape index (κ1) is 25.8. The molecule has 1 saturated heterocycles. The van der Waals surface area contributed by atoms with Crippen LogP contribution in [0.15, 0.2) is 35.5 Å². The van der Waals surface area contributed by atoms with Gasteiger partial charge in [0, 0.05) is 39.4 Å². The van der Waals surface area contributed by atoms with Crippen LogP contribution in [-0.4, -0.2) is 52.4 Å². The van der Waals surface area contributed by atoms with Crippen molar-refractivity contribution < 1.29 is 14.2 Å². The molecule has 8 nitrogen and oxygen atoms in total. The van der Waals surface area contributed by atoms with Gasteiger partial charge >= 0.3 is 0 Å². The third-order valence-electron chi connectivity index (χ3n) is 5.36. The fourth-order valence-corrected chi connectivity index (χ4v) is 3.70. The molecule has 3 rings (SSSR count). The molecular formula is C23H34IN5O3. The maximum atomic E-state index is 5.43. The summed E-state index contributed by atoms with van der Waals surface area (Å²) in [4.78, 5) is 11.2. The Bertz CT molecular complexity index is 863. The molecule has 0 radical (unpaired) electrons. The molecule has 0 aliphatic carbocycles. The standard InChI is InChI=1S/C23H33N5O3.HI/c1-24-23(27-16-18-12-19(29-2)22(31-4)20(13-18)30-3)26-15-17-8-9-25-21(14-17)28-10-6-5-7-11-28;/h8-9,12-14H,5-7,10-11,15-16H2,1-4H3,(H2,24,26,27);1H. The number of nitrogens with zero attached hydrogens (tertiary/aromatic N) is 3. The zero-order valence-corrected chi connectivity index (χ0v) is 21.6. The molecule has 2 N–H and O–H groups in total. The summed E-state index contributed by atoms with van der Waals surface area (Å²) in [6, 6.07) is 8.04. The highest BCUT2D eigenvalue weighted by atomic mass is 127. The van der Waals surface area contributed by atoms with Gasteiger partial charge in [-0.15, -0.1) is 24.0 Å². The van der Waals surface area contributed by atoms with Gasteiger partial charge in [-0.05, 0) is 54.7 Å². The van der Waals surface area contributed by atoms with Crippen LogP contribution in [0.2, 0.25) is 0 Å². The second-order valence-corrected chi connectivity index (χ2v) is 7.38. The molecule has 32 heavy (non-hydrogen) atoms. The van der Waals surface area contributed by atoms with Gasteiger partial charge in [-0.2, -0.15) is 0 Å². The summed E-state index contributed by atoms with van der Waals surface area (Å²) in [7, 11) is 6.58. The third-order valence-corrected chi connectivity index (χ3v) is 5.36. The summed E-state index contributed by atoms with van der Waals surface area (Å²) < 4.78 is 16.2. The Labute approximate surface area is 207 Å². The van der Waals surface area contributed by atoms with Crippen molar-refractivity contribution in [3.8, 4) is 17.2 Å². The number of methoxy groups -OCH3 is 3. The molecule has 1 aliphatic rings. The molecule has 1 aromatic carbocycles. The van der Waals surface area contributed by atoms with E-state index in [1.807, 2.05) is 24.4 Å². The highest BCUT2D eigenvalue weighted by Crippen LogP contribution is 2.38. The van der Waals surface area contributed by atoms with E-state index in [-0.39, 0.29) is 24.0 Å². The van der Waals surface area contributed by atoms with Gasteiger partial charge in [0.05, 0.1) is 21.3 Å². The number of aliphatic imine (C=N–C) groups is 1. The monoisotopic (exact) mass is 555 g/mol. The van der Waals surface area contributed by atoms with Crippen molar-refractivity contribution >= 4 is 35.8 Å². The van der Waals surface area contributed by atoms with Crippen LogP contribution >= 0.6 is 24.0 Å². The predicted molar refractivity (Wildman–Crippen MR) is 139 cm³/mol. The Kier molecular flexibility index (Phi) is 10.6. The molecule has 0 atom stereocenters. The largest absolute Gasteiger partial charge is 0.493 e. The number of halogens is 1. The van der Waals surface area contributed by atoms with E-state index >= 15 is 0 Å². The SMILES string of the molecule is CN=C(NCc1ccnc(N2CCCCC2)c1)NCc1cc(OC)c(OC)c(OC)c1.I. The van der Waals surface area contributed by atoms with Gasteiger partial charge in [-0.25, -0.2) is 4.98 Å². The summed E-state index contributed by atoms with van der Waals surface area (Å²) >= 11 is 0. The first-order valence-corrected chi connectivity index (χ1v) is 10.6. The van der Waals surface area contributed by atoms with Gasteiger partial charge in [-0.3, -0.25) is 4.99 Å². The van der Waals surface area contributed by atoms with Crippen LogP contribution in [0.4, 0.5) is 5.82 Å². The van der Waals surface area contributed by atoms with Gasteiger partial charge in [0.15, 0.2) is 17.5 Å². The Balaban J connectivity index is 0.00000363. The molecule has 9 heteroatoms. The predicted octanol–water partition coefficient (Wildman–Crippen LogP) is 3.58. The van der Waals surface area contributed by atoms with Gasteiger partial charge in [0.2, 0.25) is 5.75 Å². The quantitative estimate of drug-likeness (QED) is 0.293. The van der Waals surface area contributed by atoms with Crippen molar-refractivity contribution in [2.75, 3.05) is 46.4 Å². The molecule has 0 amide bonds. The second-order valence-electron chi connectivity index (χ2n) is 7.38. The lowest BCUT2D eigenvalue weighted by Crippen LogP contribution is -2.36. The van der Waals surface area contributed by atoms with E-state index in [9.17, 15) is 0 Å². The number of rotatable bonds is 8. The van der Waals surface area contributed by atoms with Crippen LogP contribution in [0.25, 0.3) is 0 Å². The van der Waals surface area contributed by atoms with Crippen LogP contribution in [-0.2, 0) is 13.1 Å². The Hall–Kier alpha value is -2.43. The zero-order valence-electron chi connectivity index (χ0n) is 19.3. The van der Waals surface area contributed by atoms with Crippen LogP contribution < -0.4 is 29.7 Å². The maximum Gasteiger partial charge on any atom is 0.203 e. The number of piperidine rings is 1. The van der Waals surface area contributed by atoms with E-state index < -0.39 is 0 Å². The number of aromatic nitrogens is 1. The summed E-state index contributed by atoms with van der Waals surface area (Å²) in [5.74, 6) is 3.61. The van der Waals surface area contributed by atoms with Crippen molar-refractivity contribution in [3.05, 3.63) is 41.6 Å². The molecule has 2 heterocycles. The number of hydrogen-bond acceptors (Lipinski definition) is 6. The lowest BCUT2D eigenvalue weighted by molar-refractivity contribution is 0.323. The van der Waals surface area contributed by atoms with Crippen molar-refractivity contribution in [1.82, 2.24) is 15.6 Å². The third kappa shape index (κ3) is 6.78. The van der Waals surface area contributed by atoms with Crippen LogP contribution in [0.5, 0.6) is 17.2 Å². The van der Waals surface area contributed by atoms with E-state index in [1.165, 1.54) is 24.8 Å². The first-order valence-electron chi connectivity index (χ1n) is 10.6. The highest BCUT2D eigenvalue weighted by Gasteiger charge is 2.14. The summed E-state index contributed by atoms with van der Waals surface area (Å²) in [6.45, 7) is 3.40. The average molecular weight is 555 g/mol. The molecule has 0 unspecified atom stereocenters. The minimum absolute atomic E-state index is 0. The van der Waals surface area contributed by atoms with Gasteiger partial charge in [-0.1, -0.05) is 0 Å². The zero-order chi connectivity index (χ0) is 22.1. The van der Waals surface area contributed by atoms with Crippen LogP contribution in [0.1, 0.15) is 30.4 Å². The van der Waals surface area contributed by atoms with Crippen molar-refractivity contribution in [2.45, 2.75) is 32.4 Å². The number of anilines is 1. The molecule has 0 bridgehead atoms. The minimum atomic E-state index is 0. The van der Waals surface area contributed by atoms with Crippen molar-refractivity contribution in [3.63, 3.8) is 0 Å². The maximum absolute atomic E-state index is 5.43. The van der Waals surface area contributed by atoms with Crippen molar-refractivity contribution in [2.24, 2.45) is 4.99 Å². The van der Waals surface area contributed by atoms with E-state index in [4.69, 9.17) is 14.2 Å². The fraction of sp³-hybridized carbons (Fsp3) is 0.478. The average Bonchev–Trinajstić information content (AvgIpc) is 2.84. The molecule has 1 aliphatic heterocycles. The first-order chi connectivity index (χ1) is 15.2. The van der Waals surface area contributed by atoms with Gasteiger partial charge < -0.3 is 29.7 Å². The number of nitrogens with one attached hydrogen (secondary N) is 2. The van der Waals surface area contributed by atoms with Gasteiger partial charge in [0.25, 0.3) is 0 Å². The van der Waals surface area contributed by atoms with Crippen LogP contribution in [0, 0.1) is 0 Å². The van der Waals surface area contributed by atoms with E-state index in [0.717, 1.165) is 24.5 Å². The summed E-state index contributed by atoms with van der Waals surface area (Å²) in [5, 5.41) is 6.71. The molecule has 0 spiro atoms. The Morgan fingerprint density at radius 3 is 2.12 bits per heavy atom. The minimum Gasteiger partial charge on any atom is -0.493 e. The van der Waals surface area contributed by atoms with E-state index in [1.54, 1.807) is 28.4 Å². The number of hydrogen-bond donors (Lipinski definition) is 2. The smallest absolute Gasteiger partial charge is 0.203 e. The Morgan fingerprint density at radius 2 is 1.56 bits per heavy atom. The number of guanidine groups is 1. The summed E-state index contributed by atoms with van der Waals surface area (Å²) in [6.07, 6.45) is 5.67.